The van der Waals surface area contributed by atoms with Crippen molar-refractivity contribution in [3.63, 3.8) is 0 Å². The lowest BCUT2D eigenvalue weighted by Gasteiger charge is -2.31. The zero-order valence-corrected chi connectivity index (χ0v) is 57.2. The van der Waals surface area contributed by atoms with Gasteiger partial charge < -0.3 is 99.0 Å². The van der Waals surface area contributed by atoms with Gasteiger partial charge in [-0.25, -0.2) is 24.8 Å². The fraction of sp³-hybridized carbons (Fsp3) is 0.523. The minimum absolute atomic E-state index is 0.0335. The number of urea groups is 1. The molecular formula is C65H92N18O18. The Labute approximate surface area is 581 Å². The number of aromatic hydroxyl groups is 1. The van der Waals surface area contributed by atoms with Crippen molar-refractivity contribution in [1.29, 1.82) is 0 Å². The molecule has 0 radical (unpaired) electrons. The first-order valence-corrected chi connectivity index (χ1v) is 32.9. The van der Waals surface area contributed by atoms with E-state index in [1.165, 1.54) is 41.7 Å². The molecule has 4 aromatic rings. The number of aromatic nitrogens is 3. The molecule has 0 aliphatic carbocycles. The SMILES string of the molecule is CC(C)C[C@H](NC(=O)[C@@H](COC(C)(C)C)NC(=O)[C@H](Cc1ccc(O)cc1)NC(=O)[C@H](COC(=O)C(C)OC(=O)C(C)O)NC(=O)[C@H](Cc1c[nH]c2ccccc12)NC(=O)[C@H](Cc1cnc[nH]1)NC(=O)[C@@H]1CCC(=O)N1)C(=O)N[C@@H](CCCN=C(N)N)C(=O)N1CCC[C@H]1C(=O)NNC(N)=O. The largest absolute Gasteiger partial charge is 0.508 e. The van der Waals surface area contributed by atoms with Crippen molar-refractivity contribution in [2.75, 3.05) is 26.3 Å². The van der Waals surface area contributed by atoms with Gasteiger partial charge in [-0.1, -0.05) is 44.2 Å². The highest BCUT2D eigenvalue weighted by Gasteiger charge is 2.41. The number of carbonyl (C=O) groups is 13. The lowest BCUT2D eigenvalue weighted by molar-refractivity contribution is -0.172. The number of phenols is 1. The number of rotatable bonds is 35. The fourth-order valence-corrected chi connectivity index (χ4v) is 10.8. The maximum atomic E-state index is 15.2. The van der Waals surface area contributed by atoms with Gasteiger partial charge in [0.15, 0.2) is 12.1 Å². The van der Waals surface area contributed by atoms with Crippen LogP contribution in [0.3, 0.4) is 0 Å². The number of aliphatic hydroxyl groups excluding tert-OH is 1. The van der Waals surface area contributed by atoms with Crippen molar-refractivity contribution in [3.05, 3.63) is 84.1 Å². The third kappa shape index (κ3) is 25.1. The van der Waals surface area contributed by atoms with Crippen LogP contribution in [-0.2, 0) is 91.0 Å². The third-order valence-corrected chi connectivity index (χ3v) is 16.0. The number of amides is 12. The molecule has 0 saturated carbocycles. The van der Waals surface area contributed by atoms with Crippen LogP contribution in [0.1, 0.15) is 110 Å². The number of aliphatic hydroxyl groups is 1. The zero-order valence-electron chi connectivity index (χ0n) is 57.2. The summed E-state index contributed by atoms with van der Waals surface area (Å²) in [5.41, 5.74) is 21.2. The number of benzene rings is 2. The molecule has 2 aliphatic heterocycles. The number of guanidine groups is 1. The number of nitrogens with one attached hydrogen (secondary N) is 12. The molecule has 101 heavy (non-hydrogen) atoms. The summed E-state index contributed by atoms with van der Waals surface area (Å²) >= 11 is 0. The minimum Gasteiger partial charge on any atom is -0.508 e. The summed E-state index contributed by atoms with van der Waals surface area (Å²) in [6.07, 6.45) is 0.849. The quantitative estimate of drug-likeness (QED) is 0.00707. The van der Waals surface area contributed by atoms with E-state index >= 15 is 14.4 Å². The molecule has 0 bridgehead atoms. The predicted molar refractivity (Wildman–Crippen MR) is 360 cm³/mol. The Balaban J connectivity index is 1.34. The lowest BCUT2D eigenvalue weighted by atomic mass is 10.0. The Morgan fingerprint density at radius 3 is 1.88 bits per heavy atom. The first kappa shape index (κ1) is 79.1. The normalized spacial score (nSPS) is 17.0. The second-order valence-electron chi connectivity index (χ2n) is 25.9. The summed E-state index contributed by atoms with van der Waals surface area (Å²) in [6.45, 7) is 9.17. The number of ether oxygens (including phenoxy) is 3. The molecule has 2 aliphatic rings. The summed E-state index contributed by atoms with van der Waals surface area (Å²) in [7, 11) is 0. The van der Waals surface area contributed by atoms with E-state index in [0.29, 0.717) is 34.1 Å². The molecule has 6 rings (SSSR count). The van der Waals surface area contributed by atoms with Gasteiger partial charge in [-0.3, -0.25) is 58.4 Å². The van der Waals surface area contributed by atoms with Crippen molar-refractivity contribution in [2.45, 2.75) is 185 Å². The Morgan fingerprint density at radius 1 is 0.693 bits per heavy atom. The number of hydrogen-bond donors (Lipinski definition) is 17. The molecule has 36 nitrogen and oxygen atoms in total. The highest BCUT2D eigenvalue weighted by molar-refractivity contribution is 6.00. The van der Waals surface area contributed by atoms with Gasteiger partial charge in [-0.15, -0.1) is 0 Å². The average Bonchev–Trinajstić information content (AvgIpc) is 1.64. The van der Waals surface area contributed by atoms with Crippen molar-refractivity contribution >= 4 is 93.9 Å². The number of nitrogens with zero attached hydrogens (tertiary/aromatic N) is 3. The number of hydrazine groups is 1. The number of aliphatic imine (C=N–C) groups is 1. The molecule has 0 spiro atoms. The number of aromatic amines is 2. The van der Waals surface area contributed by atoms with E-state index in [-0.39, 0.29) is 88.0 Å². The monoisotopic (exact) mass is 1410 g/mol. The Morgan fingerprint density at radius 2 is 1.29 bits per heavy atom. The smallest absolute Gasteiger partial charge is 0.347 e. The number of esters is 2. The van der Waals surface area contributed by atoms with Crippen molar-refractivity contribution in [3.8, 4) is 5.75 Å². The molecule has 550 valence electrons. The number of nitrogens with two attached hydrogens (primary N) is 3. The molecule has 2 saturated heterocycles. The van der Waals surface area contributed by atoms with Crippen LogP contribution in [0, 0.1) is 5.92 Å². The number of H-pyrrole nitrogens is 2. The number of imidazole rings is 1. The molecule has 2 aromatic carbocycles. The number of para-hydroxylation sites is 1. The van der Waals surface area contributed by atoms with Crippen molar-refractivity contribution < 1.29 is 86.8 Å². The van der Waals surface area contributed by atoms with E-state index in [4.69, 9.17) is 31.4 Å². The topological polar surface area (TPSA) is 548 Å². The highest BCUT2D eigenvalue weighted by Crippen LogP contribution is 2.23. The Hall–Kier alpha value is -10.9. The van der Waals surface area contributed by atoms with Crippen LogP contribution in [-0.4, -0.2) is 212 Å². The first-order chi connectivity index (χ1) is 47.7. The van der Waals surface area contributed by atoms with Crippen LogP contribution in [0.15, 0.2) is 72.2 Å². The van der Waals surface area contributed by atoms with E-state index in [0.717, 1.165) is 13.8 Å². The third-order valence-electron chi connectivity index (χ3n) is 16.0. The van der Waals surface area contributed by atoms with Crippen LogP contribution in [0.4, 0.5) is 4.79 Å². The number of primary amides is 1. The summed E-state index contributed by atoms with van der Waals surface area (Å²) in [5, 5.41) is 41.8. The Kier molecular flexibility index (Phi) is 29.2. The molecule has 20 N–H and O–H groups in total. The Bertz CT molecular complexity index is 3610. The summed E-state index contributed by atoms with van der Waals surface area (Å²) in [6, 6.07) is -1.98. The fourth-order valence-electron chi connectivity index (χ4n) is 10.8. The van der Waals surface area contributed by atoms with E-state index in [1.807, 2.05) is 5.43 Å². The minimum atomic E-state index is -2.01. The van der Waals surface area contributed by atoms with Crippen LogP contribution in [0.2, 0.25) is 0 Å². The zero-order chi connectivity index (χ0) is 74.3. The summed E-state index contributed by atoms with van der Waals surface area (Å²) < 4.78 is 16.6. The van der Waals surface area contributed by atoms with Crippen molar-refractivity contribution in [2.24, 2.45) is 28.1 Å². The summed E-state index contributed by atoms with van der Waals surface area (Å²) in [5.74, 6) is -11.9. The van der Waals surface area contributed by atoms with Gasteiger partial charge >= 0.3 is 18.0 Å². The molecule has 12 amide bonds. The van der Waals surface area contributed by atoms with Gasteiger partial charge in [0.25, 0.3) is 5.91 Å². The van der Waals surface area contributed by atoms with Crippen LogP contribution in [0.25, 0.3) is 10.9 Å². The standard InChI is InChI=1S/C65H92N18O18/c1-33(2)24-44(53(88)74-43(14-10-22-70-63(66)67)60(95)83-23-11-15-50(83)59(94)81-82-64(68)98)75-58(93)49(31-100-65(5,6)7)80-54(89)45(25-36-16-18-39(85)19-17-36)76-57(92)48(30-99-62(97)35(4)101-61(96)34(3)84)79-55(90)46(26-37-28-71-41-13-9-8-12-40(37)41)77-56(91)47(27-38-29-69-32-72-38)78-52(87)42-20-21-51(86)73-42/h8-9,12-13,16-19,28-29,32-35,42-50,71,84-85H,10-11,14-15,20-27,30-31H2,1-7H3,(H,69,72)(H,73,86)(H,74,88)(H,75,93)(H,76,92)(H,77,91)(H,78,87)(H,79,90)(H,80,89)(H,81,94)(H4,66,67,70)(H3,68,82,98)/t34?,35?,42-,43-,44-,45-,46-,47-,48-,49+,50-/m0/s1. The molecule has 2 fully saturated rings. The molecule has 4 heterocycles. The first-order valence-electron chi connectivity index (χ1n) is 32.9. The highest BCUT2D eigenvalue weighted by atomic mass is 16.6. The number of hydrogen-bond acceptors (Lipinski definition) is 20. The molecule has 11 atom stereocenters. The van der Waals surface area contributed by atoms with Crippen molar-refractivity contribution in [1.82, 2.24) is 73.2 Å². The number of fused-ring (bicyclic) bond motifs is 1. The van der Waals surface area contributed by atoms with Gasteiger partial charge in [0.05, 0.1) is 18.5 Å². The van der Waals surface area contributed by atoms with Crippen LogP contribution >= 0.6 is 0 Å². The molecule has 2 unspecified atom stereocenters. The molecular weight excluding hydrogens is 1320 g/mol. The van der Waals surface area contributed by atoms with E-state index in [2.05, 4.69) is 67.9 Å². The molecule has 36 heteroatoms. The maximum Gasteiger partial charge on any atom is 0.347 e. The second-order valence-corrected chi connectivity index (χ2v) is 25.9. The number of phenolic OH excluding ortho intramolecular Hbond substituents is 1. The summed E-state index contributed by atoms with van der Waals surface area (Å²) in [4.78, 5) is 195. The van der Waals surface area contributed by atoms with E-state index < -0.39 is 163 Å². The van der Waals surface area contributed by atoms with Gasteiger partial charge in [-0.2, -0.15) is 0 Å². The maximum absolute atomic E-state index is 15.2. The average molecular weight is 1410 g/mol. The predicted octanol–water partition coefficient (Wildman–Crippen LogP) is -3.24. The van der Waals surface area contributed by atoms with Gasteiger partial charge in [0.2, 0.25) is 53.2 Å². The van der Waals surface area contributed by atoms with Crippen LogP contribution in [0.5, 0.6) is 5.75 Å². The van der Waals surface area contributed by atoms with Gasteiger partial charge in [0, 0.05) is 67.8 Å². The van der Waals surface area contributed by atoms with Gasteiger partial charge in [-0.05, 0) is 108 Å². The lowest BCUT2D eigenvalue weighted by Crippen LogP contribution is -2.62. The van der Waals surface area contributed by atoms with Crippen LogP contribution < -0.4 is 70.6 Å². The number of likely N-dealkylation sites (tertiary alicyclic amines) is 1. The number of carbonyl (C=O) groups excluding carboxylic acids is 13. The second kappa shape index (κ2) is 37.3. The molecule has 2 aromatic heterocycles. The van der Waals surface area contributed by atoms with E-state index in [9.17, 15) is 58.2 Å². The van der Waals surface area contributed by atoms with E-state index in [1.54, 1.807) is 65.1 Å². The van der Waals surface area contributed by atoms with Gasteiger partial charge in [0.1, 0.15) is 72.8 Å².